The van der Waals surface area contributed by atoms with Gasteiger partial charge in [-0.1, -0.05) is 41.5 Å². The molecule has 4 rings (SSSR count). The van der Waals surface area contributed by atoms with Gasteiger partial charge in [0.05, 0.1) is 10.0 Å². The van der Waals surface area contributed by atoms with E-state index in [9.17, 15) is 14.7 Å². The van der Waals surface area contributed by atoms with Crippen LogP contribution in [0.5, 0.6) is 0 Å². The van der Waals surface area contributed by atoms with Crippen LogP contribution in [0.2, 0.25) is 10.0 Å². The molecule has 0 aliphatic carbocycles. The Morgan fingerprint density at radius 1 is 1.34 bits per heavy atom. The Kier molecular flexibility index (Phi) is 6.28. The highest BCUT2D eigenvalue weighted by Gasteiger charge is 2.32. The van der Waals surface area contributed by atoms with Crippen LogP contribution in [0.25, 0.3) is 11.5 Å². The molecule has 1 aliphatic heterocycles. The van der Waals surface area contributed by atoms with Crippen LogP contribution in [0.15, 0.2) is 6.33 Å². The van der Waals surface area contributed by atoms with Crippen LogP contribution in [0, 0.1) is 18.8 Å². The number of aromatic carboxylic acids is 1. The molecule has 32 heavy (non-hydrogen) atoms. The lowest BCUT2D eigenvalue weighted by Gasteiger charge is -2.36. The quantitative estimate of drug-likeness (QED) is 0.488. The second-order valence-electron chi connectivity index (χ2n) is 8.04. The highest BCUT2D eigenvalue weighted by atomic mass is 35.5. The molecule has 4 heterocycles. The molecule has 0 spiro atoms. The maximum atomic E-state index is 12.8. The number of hydrogen-bond acceptors (Lipinski definition) is 7. The number of carboxylic acids is 1. The van der Waals surface area contributed by atoms with Gasteiger partial charge in [0.1, 0.15) is 22.6 Å². The smallest absolute Gasteiger partial charge is 0.348 e. The first-order valence-electron chi connectivity index (χ1n) is 10.1. The van der Waals surface area contributed by atoms with Gasteiger partial charge in [-0.05, 0) is 25.2 Å². The van der Waals surface area contributed by atoms with Gasteiger partial charge in [-0.25, -0.2) is 19.4 Å². The number of carbonyl (C=O) groups excluding carboxylic acids is 1. The number of thiazole rings is 1. The molecule has 0 amide bonds. The van der Waals surface area contributed by atoms with E-state index in [4.69, 9.17) is 23.2 Å². The molecule has 1 fully saturated rings. The van der Waals surface area contributed by atoms with Crippen molar-refractivity contribution < 1.29 is 14.7 Å². The summed E-state index contributed by atoms with van der Waals surface area (Å²) in [6.45, 7) is 5.21. The van der Waals surface area contributed by atoms with Crippen LogP contribution in [0.4, 0.5) is 5.13 Å². The van der Waals surface area contributed by atoms with Crippen molar-refractivity contribution in [1.29, 1.82) is 0 Å². The maximum Gasteiger partial charge on any atom is 0.348 e. The molecule has 0 radical (unpaired) electrons. The van der Waals surface area contributed by atoms with Crippen LogP contribution in [0.3, 0.4) is 0 Å². The van der Waals surface area contributed by atoms with Crippen molar-refractivity contribution in [2.45, 2.75) is 26.7 Å². The first kappa shape index (κ1) is 22.8. The van der Waals surface area contributed by atoms with Gasteiger partial charge < -0.3 is 15.0 Å². The second kappa shape index (κ2) is 8.84. The fraction of sp³-hybridized carbons (Fsp3) is 0.450. The molecule has 0 unspecified atom stereocenters. The zero-order valence-electron chi connectivity index (χ0n) is 17.7. The predicted octanol–water partition coefficient (Wildman–Crippen LogP) is 4.32. The minimum absolute atomic E-state index is 0.0534. The number of nitrogens with zero attached hydrogens (tertiary/aromatic N) is 5. The fourth-order valence-electron chi connectivity index (χ4n) is 4.03. The molecule has 2 N–H and O–H groups in total. The number of H-pyrrole nitrogens is 1. The van der Waals surface area contributed by atoms with Crippen molar-refractivity contribution in [3.05, 3.63) is 32.6 Å². The number of halogens is 2. The van der Waals surface area contributed by atoms with Gasteiger partial charge in [-0.15, -0.1) is 0 Å². The highest BCUT2D eigenvalue weighted by molar-refractivity contribution is 7.17. The van der Waals surface area contributed by atoms with E-state index in [0.717, 1.165) is 17.8 Å². The third-order valence-electron chi connectivity index (χ3n) is 5.87. The van der Waals surface area contributed by atoms with E-state index < -0.39 is 5.97 Å². The summed E-state index contributed by atoms with van der Waals surface area (Å²) in [5, 5.41) is 15.0. The Morgan fingerprint density at radius 3 is 2.66 bits per heavy atom. The van der Waals surface area contributed by atoms with E-state index in [1.807, 2.05) is 0 Å². The highest BCUT2D eigenvalue weighted by Crippen LogP contribution is 2.37. The molecule has 12 heteroatoms. The molecule has 3 aromatic heterocycles. The number of aromatic nitrogens is 5. The van der Waals surface area contributed by atoms with E-state index >= 15 is 0 Å². The molecular weight excluding hydrogens is 475 g/mol. The molecule has 3 aromatic rings. The number of ketones is 1. The summed E-state index contributed by atoms with van der Waals surface area (Å²) < 4.78 is 1.51. The number of piperidine rings is 1. The van der Waals surface area contributed by atoms with Crippen molar-refractivity contribution in [3.63, 3.8) is 0 Å². The molecular formula is C20H22Cl2N6O3S. The van der Waals surface area contributed by atoms with E-state index in [1.54, 1.807) is 14.0 Å². The third kappa shape index (κ3) is 4.14. The number of rotatable bonds is 6. The monoisotopic (exact) mass is 496 g/mol. The van der Waals surface area contributed by atoms with E-state index in [-0.39, 0.29) is 27.5 Å². The molecule has 9 nitrogen and oxygen atoms in total. The van der Waals surface area contributed by atoms with Crippen molar-refractivity contribution in [3.8, 4) is 11.5 Å². The van der Waals surface area contributed by atoms with Gasteiger partial charge in [0, 0.05) is 32.3 Å². The Bertz CT molecular complexity index is 1190. The summed E-state index contributed by atoms with van der Waals surface area (Å²) >= 11 is 13.4. The Labute approximate surface area is 198 Å². The van der Waals surface area contributed by atoms with Crippen LogP contribution >= 0.6 is 34.5 Å². The van der Waals surface area contributed by atoms with Crippen LogP contribution < -0.4 is 4.90 Å². The first-order valence-corrected chi connectivity index (χ1v) is 11.6. The average molecular weight is 497 g/mol. The summed E-state index contributed by atoms with van der Waals surface area (Å²) in [6, 6.07) is 0. The summed E-state index contributed by atoms with van der Waals surface area (Å²) in [6.07, 6.45) is 2.52. The van der Waals surface area contributed by atoms with Crippen LogP contribution in [-0.4, -0.2) is 54.7 Å². The number of hydrogen-bond donors (Lipinski definition) is 2. The molecule has 2 atom stereocenters. The number of anilines is 1. The predicted molar refractivity (Wildman–Crippen MR) is 123 cm³/mol. The van der Waals surface area contributed by atoms with Crippen molar-refractivity contribution >= 4 is 51.4 Å². The van der Waals surface area contributed by atoms with Crippen LogP contribution in [0.1, 0.15) is 45.6 Å². The largest absolute Gasteiger partial charge is 0.477 e. The number of carboxylic acid groups (broad SMARTS) is 1. The van der Waals surface area contributed by atoms with Gasteiger partial charge in [0.25, 0.3) is 0 Å². The van der Waals surface area contributed by atoms with Gasteiger partial charge in [0.2, 0.25) is 0 Å². The zero-order chi connectivity index (χ0) is 23.2. The number of carbonyl (C=O) groups is 2. The fourth-order valence-corrected chi connectivity index (χ4v) is 5.40. The van der Waals surface area contributed by atoms with Gasteiger partial charge in [-0.2, -0.15) is 5.10 Å². The van der Waals surface area contributed by atoms with Crippen molar-refractivity contribution in [1.82, 2.24) is 24.7 Å². The van der Waals surface area contributed by atoms with Gasteiger partial charge in [-0.3, -0.25) is 4.79 Å². The molecule has 0 saturated carbocycles. The van der Waals surface area contributed by atoms with Crippen LogP contribution in [-0.2, 0) is 7.05 Å². The molecule has 1 saturated heterocycles. The van der Waals surface area contributed by atoms with Crippen molar-refractivity contribution in [2.24, 2.45) is 18.9 Å². The Hall–Kier alpha value is -2.43. The Morgan fingerprint density at radius 2 is 2.09 bits per heavy atom. The summed E-state index contributed by atoms with van der Waals surface area (Å²) in [7, 11) is 1.70. The lowest BCUT2D eigenvalue weighted by Crippen LogP contribution is -2.40. The lowest BCUT2D eigenvalue weighted by atomic mass is 9.83. The standard InChI is InChI=1S/C20H22Cl2N6O3S/c1-9-7-28(5-4-11(9)6-12(29)15-14(22)13(21)10(2)25-15)20-26-16(17(32-20)19(30)31)18-23-8-24-27(18)3/h8-9,11,25H,4-7H2,1-3H3,(H,30,31)/t9-,11-/m0/s1. The number of Topliss-reactive ketones (excluding diaryl/α,β-unsaturated/α-hetero) is 1. The van der Waals surface area contributed by atoms with E-state index in [1.165, 1.54) is 11.0 Å². The average Bonchev–Trinajstić information content (AvgIpc) is 3.43. The molecule has 0 bridgehead atoms. The lowest BCUT2D eigenvalue weighted by molar-refractivity contribution is 0.0702. The molecule has 0 aromatic carbocycles. The number of aryl methyl sites for hydroxylation is 2. The number of nitrogens with one attached hydrogen (secondary N) is 1. The van der Waals surface area contributed by atoms with Crippen molar-refractivity contribution in [2.75, 3.05) is 18.0 Å². The SMILES string of the molecule is Cc1[nH]c(C(=O)C[C@@H]2CCN(c3nc(-c4ncnn4C)c(C(=O)O)s3)C[C@@H]2C)c(Cl)c1Cl. The second-order valence-corrected chi connectivity index (χ2v) is 9.77. The Balaban J connectivity index is 1.49. The zero-order valence-corrected chi connectivity index (χ0v) is 20.1. The first-order chi connectivity index (χ1) is 15.2. The normalized spacial score (nSPS) is 18.8. The summed E-state index contributed by atoms with van der Waals surface area (Å²) in [4.78, 5) is 38.5. The summed E-state index contributed by atoms with van der Waals surface area (Å²) in [5.74, 6) is -0.308. The third-order valence-corrected chi connectivity index (χ3v) is 7.92. The minimum atomic E-state index is -1.04. The van der Waals surface area contributed by atoms with Gasteiger partial charge >= 0.3 is 5.97 Å². The van der Waals surface area contributed by atoms with E-state index in [2.05, 4.69) is 31.9 Å². The summed E-state index contributed by atoms with van der Waals surface area (Å²) in [5.41, 5.74) is 1.36. The molecule has 1 aliphatic rings. The topological polar surface area (TPSA) is 117 Å². The maximum absolute atomic E-state index is 12.8. The van der Waals surface area contributed by atoms with Gasteiger partial charge in [0.15, 0.2) is 16.7 Å². The minimum Gasteiger partial charge on any atom is -0.477 e. The molecule has 170 valence electrons. The number of aromatic amines is 1. The van der Waals surface area contributed by atoms with E-state index in [0.29, 0.717) is 52.6 Å².